The van der Waals surface area contributed by atoms with Crippen LogP contribution in [-0.2, 0) is 9.47 Å². The zero-order chi connectivity index (χ0) is 30.2. The van der Waals surface area contributed by atoms with Crippen LogP contribution in [0.5, 0.6) is 0 Å². The van der Waals surface area contributed by atoms with Gasteiger partial charge in [0.1, 0.15) is 0 Å². The summed E-state index contributed by atoms with van der Waals surface area (Å²) in [6.45, 7) is 2.57. The Kier molecular flexibility index (Phi) is 9.37. The molecule has 0 fully saturated rings. The van der Waals surface area contributed by atoms with Gasteiger partial charge in [0.15, 0.2) is 0 Å². The van der Waals surface area contributed by atoms with Crippen LogP contribution in [0, 0.1) is 0 Å². The predicted molar refractivity (Wildman–Crippen MR) is 162 cm³/mol. The molecule has 3 aromatic carbocycles. The summed E-state index contributed by atoms with van der Waals surface area (Å²) in [5, 5.41) is 22.7. The van der Waals surface area contributed by atoms with E-state index in [-0.39, 0.29) is 11.1 Å². The fraction of sp³-hybridized carbons (Fsp3) is 0.188. The number of anilines is 2. The van der Waals surface area contributed by atoms with Crippen LogP contribution in [0.1, 0.15) is 20.7 Å². The molecule has 0 radical (unpaired) electrons. The third-order valence-corrected chi connectivity index (χ3v) is 6.63. The van der Waals surface area contributed by atoms with Crippen LogP contribution in [-0.4, -0.2) is 71.2 Å². The lowest BCUT2D eigenvalue weighted by atomic mass is 10.1. The summed E-state index contributed by atoms with van der Waals surface area (Å²) in [6, 6.07) is 24.7. The molecule has 11 heteroatoms. The minimum atomic E-state index is -1.00. The monoisotopic (exact) mass is 581 g/mol. The maximum absolute atomic E-state index is 11.5. The molecule has 220 valence electrons. The maximum Gasteiger partial charge on any atom is 0.335 e. The van der Waals surface area contributed by atoms with Gasteiger partial charge in [-0.1, -0.05) is 12.1 Å². The number of nitrogens with zero attached hydrogens (tertiary/aromatic N) is 3. The van der Waals surface area contributed by atoms with Gasteiger partial charge in [-0.15, -0.1) is 0 Å². The number of ether oxygens (including phenoxy) is 2. The third-order valence-electron chi connectivity index (χ3n) is 6.63. The fourth-order valence-corrected chi connectivity index (χ4v) is 4.59. The van der Waals surface area contributed by atoms with E-state index in [1.165, 1.54) is 12.1 Å². The van der Waals surface area contributed by atoms with Gasteiger partial charge in [-0.2, -0.15) is 0 Å². The van der Waals surface area contributed by atoms with E-state index in [1.807, 2.05) is 41.0 Å². The number of para-hydroxylation sites is 2. The van der Waals surface area contributed by atoms with Gasteiger partial charge in [0.2, 0.25) is 0 Å². The zero-order valence-corrected chi connectivity index (χ0v) is 23.3. The van der Waals surface area contributed by atoms with Gasteiger partial charge in [-0.25, -0.2) is 14.6 Å². The van der Waals surface area contributed by atoms with Crippen LogP contribution in [0.15, 0.2) is 89.9 Å². The molecule has 1 aliphatic heterocycles. The number of rotatable bonds is 13. The highest BCUT2D eigenvalue weighted by Crippen LogP contribution is 2.30. The number of hydrogen-bond donors (Lipinski definition) is 4. The van der Waals surface area contributed by atoms with Crippen molar-refractivity contribution in [1.82, 2.24) is 9.55 Å². The van der Waals surface area contributed by atoms with Gasteiger partial charge >= 0.3 is 11.9 Å². The number of benzene rings is 4. The molecule has 1 aliphatic carbocycles. The smallest absolute Gasteiger partial charge is 0.335 e. The van der Waals surface area contributed by atoms with E-state index < -0.39 is 11.9 Å². The number of nitrogens with two attached hydrogens (primary N) is 1. The van der Waals surface area contributed by atoms with Crippen molar-refractivity contribution in [2.75, 3.05) is 44.8 Å². The van der Waals surface area contributed by atoms with Crippen LogP contribution in [0.2, 0.25) is 0 Å². The first-order valence-electron chi connectivity index (χ1n) is 13.7. The molecule has 2 aliphatic rings. The Morgan fingerprint density at radius 2 is 1.49 bits per heavy atom. The molecule has 0 saturated heterocycles. The number of aromatic carboxylic acids is 2. The lowest BCUT2D eigenvalue weighted by molar-refractivity contribution is 0.0538. The van der Waals surface area contributed by atoms with E-state index >= 15 is 0 Å². The summed E-state index contributed by atoms with van der Waals surface area (Å²) in [6.07, 6.45) is 0. The number of carboxylic acid groups (broad SMARTS) is 2. The van der Waals surface area contributed by atoms with Crippen molar-refractivity contribution in [1.29, 1.82) is 0 Å². The van der Waals surface area contributed by atoms with Gasteiger partial charge in [0.25, 0.3) is 0 Å². The van der Waals surface area contributed by atoms with E-state index in [9.17, 15) is 19.8 Å². The minimum Gasteiger partial charge on any atom is -0.478 e. The van der Waals surface area contributed by atoms with Crippen LogP contribution in [0.3, 0.4) is 0 Å². The van der Waals surface area contributed by atoms with Crippen molar-refractivity contribution in [3.05, 3.63) is 101 Å². The summed E-state index contributed by atoms with van der Waals surface area (Å²) in [7, 11) is 0. The zero-order valence-electron chi connectivity index (χ0n) is 23.3. The molecule has 3 aromatic rings. The van der Waals surface area contributed by atoms with Crippen molar-refractivity contribution in [2.45, 2.75) is 0 Å². The highest BCUT2D eigenvalue weighted by molar-refractivity contribution is 5.89. The summed E-state index contributed by atoms with van der Waals surface area (Å²) in [5.41, 5.74) is 11.0. The first-order valence-corrected chi connectivity index (χ1v) is 13.7. The summed E-state index contributed by atoms with van der Waals surface area (Å²) < 4.78 is 13.0. The molecular weight excluding hydrogens is 550 g/mol. The van der Waals surface area contributed by atoms with Gasteiger partial charge in [-0.05, 0) is 72.8 Å². The largest absolute Gasteiger partial charge is 0.478 e. The average molecular weight is 582 g/mol. The summed E-state index contributed by atoms with van der Waals surface area (Å²) >= 11 is 0. The highest BCUT2D eigenvalue weighted by Gasteiger charge is 2.17. The Morgan fingerprint density at radius 1 is 0.837 bits per heavy atom. The van der Waals surface area contributed by atoms with E-state index in [1.54, 1.807) is 36.4 Å². The Bertz CT molecular complexity index is 1770. The van der Waals surface area contributed by atoms with E-state index in [4.69, 9.17) is 25.2 Å². The maximum atomic E-state index is 11.5. The SMILES string of the molecule is NCCOCCOCCN=c1cc2n(-c3ccc(C(=O)O)cc3)c3ccccc3nc-2cc1Nc1ccc(C(=O)O)cc1. The Hall–Kier alpha value is -5.10. The van der Waals surface area contributed by atoms with Gasteiger partial charge in [-0.3, -0.25) is 4.99 Å². The number of nitrogens with one attached hydrogen (secondary N) is 1. The molecule has 5 rings (SSSR count). The molecule has 1 heterocycles. The first kappa shape index (κ1) is 29.4. The molecule has 43 heavy (non-hydrogen) atoms. The Labute approximate surface area is 247 Å². The van der Waals surface area contributed by atoms with Crippen LogP contribution >= 0.6 is 0 Å². The van der Waals surface area contributed by atoms with Gasteiger partial charge < -0.3 is 35.3 Å². The number of fused-ring (bicyclic) bond motifs is 2. The van der Waals surface area contributed by atoms with Crippen LogP contribution < -0.4 is 16.4 Å². The average Bonchev–Trinajstić information content (AvgIpc) is 3.01. The van der Waals surface area contributed by atoms with E-state index in [0.717, 1.165) is 22.4 Å². The molecule has 11 nitrogen and oxygen atoms in total. The highest BCUT2D eigenvalue weighted by atomic mass is 16.5. The van der Waals surface area contributed by atoms with Crippen molar-refractivity contribution >= 4 is 34.3 Å². The molecule has 0 saturated carbocycles. The van der Waals surface area contributed by atoms with Crippen LogP contribution in [0.4, 0.5) is 11.4 Å². The molecule has 0 aromatic heterocycles. The van der Waals surface area contributed by atoms with Crippen molar-refractivity contribution in [2.24, 2.45) is 10.7 Å². The normalized spacial score (nSPS) is 11.7. The van der Waals surface area contributed by atoms with E-state index in [2.05, 4.69) is 5.32 Å². The van der Waals surface area contributed by atoms with Crippen molar-refractivity contribution in [3.8, 4) is 17.1 Å². The second-order valence-corrected chi connectivity index (χ2v) is 9.55. The quantitative estimate of drug-likeness (QED) is 0.118. The Morgan fingerprint density at radius 3 is 2.16 bits per heavy atom. The molecular formula is C32H31N5O6. The van der Waals surface area contributed by atoms with E-state index in [0.29, 0.717) is 61.9 Å². The fourth-order valence-electron chi connectivity index (χ4n) is 4.59. The molecule has 5 N–H and O–H groups in total. The van der Waals surface area contributed by atoms with Gasteiger partial charge in [0, 0.05) is 17.9 Å². The number of aromatic nitrogens is 2. The standard InChI is InChI=1S/C32H31N5O6/c33-13-15-42-17-18-43-16-14-34-26-20-30-28(19-27(26)35-23-9-5-21(6-10-23)31(38)39)36-25-3-1-2-4-29(25)37(30)24-11-7-22(8-12-24)32(40)41/h1-12,19-20,35H,13-18,33H2,(H,38,39)(H,40,41). The molecule has 0 bridgehead atoms. The number of carboxylic acids is 2. The first-order chi connectivity index (χ1) is 20.9. The summed E-state index contributed by atoms with van der Waals surface area (Å²) in [4.78, 5) is 32.5. The molecule has 0 spiro atoms. The Balaban J connectivity index is 1.59. The topological polar surface area (TPSA) is 161 Å². The lowest BCUT2D eigenvalue weighted by Gasteiger charge is -2.20. The van der Waals surface area contributed by atoms with Crippen molar-refractivity contribution in [3.63, 3.8) is 0 Å². The second kappa shape index (κ2) is 13.7. The van der Waals surface area contributed by atoms with Gasteiger partial charge in [0.05, 0.1) is 77.6 Å². The summed E-state index contributed by atoms with van der Waals surface area (Å²) in [5.74, 6) is -2.00. The lowest BCUT2D eigenvalue weighted by Crippen LogP contribution is -2.17. The third kappa shape index (κ3) is 7.04. The van der Waals surface area contributed by atoms with Crippen molar-refractivity contribution < 1.29 is 29.3 Å². The predicted octanol–water partition coefficient (Wildman–Crippen LogP) is 4.16. The number of carbonyl (C=O) groups is 2. The molecule has 0 atom stereocenters. The molecule has 0 amide bonds. The number of hydrogen-bond acceptors (Lipinski definition) is 8. The minimum absolute atomic E-state index is 0.185. The van der Waals surface area contributed by atoms with Crippen LogP contribution in [0.25, 0.3) is 28.1 Å². The second-order valence-electron chi connectivity index (χ2n) is 9.55. The molecule has 0 unspecified atom stereocenters.